The number of anilines is 2. The molecule has 4 N–H and O–H groups in total. The third-order valence-electron chi connectivity index (χ3n) is 3.76. The van der Waals surface area contributed by atoms with Crippen molar-refractivity contribution in [2.24, 2.45) is 11.8 Å². The van der Waals surface area contributed by atoms with E-state index in [0.29, 0.717) is 11.7 Å². The molecule has 0 aromatic carbocycles. The second kappa shape index (κ2) is 5.54. The Morgan fingerprint density at radius 3 is 2.65 bits per heavy atom. The van der Waals surface area contributed by atoms with Crippen molar-refractivity contribution in [1.82, 2.24) is 9.97 Å². The van der Waals surface area contributed by atoms with E-state index in [1.54, 1.807) is 0 Å². The fraction of sp³-hybridized carbons (Fsp3) is 0.714. The molecule has 1 aliphatic rings. The highest BCUT2D eigenvalue weighted by atomic mass is 16.3. The maximum Gasteiger partial charge on any atom is 0.145 e. The van der Waals surface area contributed by atoms with E-state index in [9.17, 15) is 5.11 Å². The molecule has 6 nitrogen and oxygen atoms in total. The van der Waals surface area contributed by atoms with Crippen molar-refractivity contribution in [2.45, 2.75) is 45.6 Å². The van der Waals surface area contributed by atoms with Crippen molar-refractivity contribution in [2.75, 3.05) is 23.4 Å². The van der Waals surface area contributed by atoms with Crippen molar-refractivity contribution >= 4 is 11.6 Å². The van der Waals surface area contributed by atoms with Gasteiger partial charge in [-0.2, -0.15) is 0 Å². The molecule has 112 valence electrons. The molecule has 0 aliphatic carbocycles. The molecule has 0 amide bonds. The molecule has 1 aromatic rings. The van der Waals surface area contributed by atoms with Gasteiger partial charge < -0.3 is 15.4 Å². The number of nitrogens with zero attached hydrogens (tertiary/aromatic N) is 3. The van der Waals surface area contributed by atoms with Gasteiger partial charge in [-0.1, -0.05) is 20.8 Å². The number of aliphatic hydroxyl groups excluding tert-OH is 1. The molecule has 1 fully saturated rings. The third kappa shape index (κ3) is 3.19. The van der Waals surface area contributed by atoms with Crippen LogP contribution >= 0.6 is 0 Å². The lowest BCUT2D eigenvalue weighted by atomic mass is 9.96. The van der Waals surface area contributed by atoms with Crippen molar-refractivity contribution in [3.63, 3.8) is 0 Å². The molecular formula is C14H25N5O. The summed E-state index contributed by atoms with van der Waals surface area (Å²) in [4.78, 5) is 11.3. The lowest BCUT2D eigenvalue weighted by Crippen LogP contribution is -2.27. The highest BCUT2D eigenvalue weighted by Crippen LogP contribution is 2.28. The minimum Gasteiger partial charge on any atom is -0.393 e. The number of nitrogen functional groups attached to an aromatic ring is 1. The quantitative estimate of drug-likeness (QED) is 0.570. The van der Waals surface area contributed by atoms with Crippen LogP contribution < -0.4 is 16.2 Å². The first-order valence-electron chi connectivity index (χ1n) is 7.10. The van der Waals surface area contributed by atoms with Gasteiger partial charge in [0.25, 0.3) is 0 Å². The predicted molar refractivity (Wildman–Crippen MR) is 80.5 cm³/mol. The van der Waals surface area contributed by atoms with Crippen LogP contribution in [0.3, 0.4) is 0 Å². The Labute approximate surface area is 120 Å². The van der Waals surface area contributed by atoms with Crippen LogP contribution in [0.25, 0.3) is 0 Å². The number of hydrogen-bond donors (Lipinski definition) is 3. The molecule has 2 atom stereocenters. The molecule has 1 aromatic heterocycles. The van der Waals surface area contributed by atoms with Gasteiger partial charge in [-0.15, -0.1) is 0 Å². The molecule has 0 radical (unpaired) electrons. The van der Waals surface area contributed by atoms with Gasteiger partial charge in [0.2, 0.25) is 0 Å². The highest BCUT2D eigenvalue weighted by molar-refractivity contribution is 5.50. The molecule has 0 spiro atoms. The monoisotopic (exact) mass is 279 g/mol. The minimum absolute atomic E-state index is 0.134. The van der Waals surface area contributed by atoms with Gasteiger partial charge in [0.1, 0.15) is 17.5 Å². The Kier molecular flexibility index (Phi) is 4.15. The van der Waals surface area contributed by atoms with Crippen LogP contribution in [0.5, 0.6) is 0 Å². The maximum absolute atomic E-state index is 9.71. The van der Waals surface area contributed by atoms with Crippen molar-refractivity contribution in [1.29, 1.82) is 0 Å². The van der Waals surface area contributed by atoms with Crippen LogP contribution in [-0.2, 0) is 5.41 Å². The summed E-state index contributed by atoms with van der Waals surface area (Å²) >= 11 is 0. The van der Waals surface area contributed by atoms with Gasteiger partial charge >= 0.3 is 0 Å². The third-order valence-corrected chi connectivity index (χ3v) is 3.76. The topological polar surface area (TPSA) is 87.3 Å². The fourth-order valence-electron chi connectivity index (χ4n) is 2.39. The summed E-state index contributed by atoms with van der Waals surface area (Å²) in [6.45, 7) is 9.81. The molecule has 2 unspecified atom stereocenters. The summed E-state index contributed by atoms with van der Waals surface area (Å²) in [5, 5.41) is 9.71. The van der Waals surface area contributed by atoms with E-state index in [-0.39, 0.29) is 11.5 Å². The Morgan fingerprint density at radius 2 is 2.15 bits per heavy atom. The summed E-state index contributed by atoms with van der Waals surface area (Å²) in [7, 11) is 0. The fourth-order valence-corrected chi connectivity index (χ4v) is 2.39. The Bertz CT molecular complexity index is 469. The average molecular weight is 279 g/mol. The summed E-state index contributed by atoms with van der Waals surface area (Å²) in [5.74, 6) is 8.08. The zero-order valence-corrected chi connectivity index (χ0v) is 12.7. The van der Waals surface area contributed by atoms with Gasteiger partial charge in [-0.25, -0.2) is 15.8 Å². The van der Waals surface area contributed by atoms with Crippen LogP contribution in [-0.4, -0.2) is 34.3 Å². The van der Waals surface area contributed by atoms with Gasteiger partial charge in [-0.3, -0.25) is 0 Å². The van der Waals surface area contributed by atoms with E-state index < -0.39 is 0 Å². The predicted octanol–water partition coefficient (Wildman–Crippen LogP) is 1.27. The van der Waals surface area contributed by atoms with Crippen molar-refractivity contribution in [3.8, 4) is 0 Å². The molecule has 1 saturated heterocycles. The zero-order chi connectivity index (χ0) is 14.9. The van der Waals surface area contributed by atoms with E-state index in [4.69, 9.17) is 5.84 Å². The summed E-state index contributed by atoms with van der Waals surface area (Å²) in [6.07, 6.45) is 0.703. The Morgan fingerprint density at radius 1 is 1.45 bits per heavy atom. The van der Waals surface area contributed by atoms with Crippen LogP contribution in [0.2, 0.25) is 0 Å². The molecule has 0 saturated carbocycles. The summed E-state index contributed by atoms with van der Waals surface area (Å²) in [6, 6.07) is 1.86. The van der Waals surface area contributed by atoms with Crippen LogP contribution in [0, 0.1) is 5.92 Å². The van der Waals surface area contributed by atoms with Crippen molar-refractivity contribution < 1.29 is 5.11 Å². The van der Waals surface area contributed by atoms with Gasteiger partial charge in [0, 0.05) is 30.5 Å². The van der Waals surface area contributed by atoms with E-state index in [2.05, 4.69) is 41.1 Å². The number of rotatable bonds is 3. The Hall–Kier alpha value is -1.40. The van der Waals surface area contributed by atoms with E-state index >= 15 is 0 Å². The first kappa shape index (κ1) is 15.0. The van der Waals surface area contributed by atoms with E-state index in [0.717, 1.165) is 31.2 Å². The standard InChI is InChI=1S/C14H25N5O/c1-9(20)10-5-6-19(8-10)12-7-11(18-15)16-13(17-12)14(2,3)4/h7,9-10,20H,5-6,8,15H2,1-4H3,(H,16,17,18). The number of hydrogen-bond acceptors (Lipinski definition) is 6. The van der Waals surface area contributed by atoms with Gasteiger partial charge in [0.15, 0.2) is 0 Å². The molecule has 2 heterocycles. The number of aliphatic hydroxyl groups is 1. The van der Waals surface area contributed by atoms with E-state index in [1.807, 2.05) is 13.0 Å². The molecule has 20 heavy (non-hydrogen) atoms. The summed E-state index contributed by atoms with van der Waals surface area (Å²) < 4.78 is 0. The molecule has 1 aliphatic heterocycles. The summed E-state index contributed by atoms with van der Waals surface area (Å²) in [5.41, 5.74) is 2.48. The molecule has 2 rings (SSSR count). The molecule has 0 bridgehead atoms. The highest BCUT2D eigenvalue weighted by Gasteiger charge is 2.28. The lowest BCUT2D eigenvalue weighted by molar-refractivity contribution is 0.136. The van der Waals surface area contributed by atoms with Crippen LogP contribution in [0.1, 0.15) is 39.9 Å². The number of nitrogens with one attached hydrogen (secondary N) is 1. The largest absolute Gasteiger partial charge is 0.393 e. The SMILES string of the molecule is CC(O)C1CCN(c2cc(NN)nc(C(C)(C)C)n2)C1. The molecule has 6 heteroatoms. The normalized spacial score (nSPS) is 21.1. The second-order valence-corrected chi connectivity index (χ2v) is 6.56. The minimum atomic E-state index is -0.281. The van der Waals surface area contributed by atoms with Crippen LogP contribution in [0.15, 0.2) is 6.07 Å². The number of nitrogens with two attached hydrogens (primary N) is 1. The van der Waals surface area contributed by atoms with Crippen molar-refractivity contribution in [3.05, 3.63) is 11.9 Å². The molecular weight excluding hydrogens is 254 g/mol. The first-order valence-corrected chi connectivity index (χ1v) is 7.10. The van der Waals surface area contributed by atoms with E-state index in [1.165, 1.54) is 0 Å². The lowest BCUT2D eigenvalue weighted by Gasteiger charge is -2.23. The number of aromatic nitrogens is 2. The first-order chi connectivity index (χ1) is 9.31. The number of hydrazine groups is 1. The zero-order valence-electron chi connectivity index (χ0n) is 12.7. The Balaban J connectivity index is 2.28. The second-order valence-electron chi connectivity index (χ2n) is 6.56. The van der Waals surface area contributed by atoms with Gasteiger partial charge in [0.05, 0.1) is 6.10 Å². The smallest absolute Gasteiger partial charge is 0.145 e. The average Bonchev–Trinajstić information content (AvgIpc) is 2.87. The maximum atomic E-state index is 9.71. The van der Waals surface area contributed by atoms with Crippen LogP contribution in [0.4, 0.5) is 11.6 Å². The van der Waals surface area contributed by atoms with Gasteiger partial charge in [-0.05, 0) is 13.3 Å².